The van der Waals surface area contributed by atoms with Crippen LogP contribution in [0, 0.1) is 6.85 Å². The molecule has 4 heteroatoms. The first-order valence-corrected chi connectivity index (χ1v) is 2.78. The van der Waals surface area contributed by atoms with E-state index in [0.717, 1.165) is 0 Å². The van der Waals surface area contributed by atoms with Gasteiger partial charge in [0.05, 0.1) is 1.37 Å². The molecule has 1 aromatic rings. The van der Waals surface area contributed by atoms with Crippen molar-refractivity contribution in [3.05, 3.63) is 22.2 Å². The van der Waals surface area contributed by atoms with Gasteiger partial charge in [-0.2, -0.15) is 0 Å². The van der Waals surface area contributed by atoms with Crippen LogP contribution in [0.3, 0.4) is 0 Å². The summed E-state index contributed by atoms with van der Waals surface area (Å²) in [5.74, 6) is 0. The molecule has 0 N–H and O–H groups in total. The molecule has 0 aliphatic carbocycles. The first-order valence-electron chi connectivity index (χ1n) is 4.02. The van der Waals surface area contributed by atoms with Crippen LogP contribution in [0.2, 0.25) is 10.4 Å². The van der Waals surface area contributed by atoms with Crippen molar-refractivity contribution in [1.29, 1.82) is 0 Å². The standard InChI is InChI=1S/C5H4Cl2N2/c1-3-2-8-5(7)9-4(3)6/h2H,1H3/i1D3,2D. The number of aromatic nitrogens is 2. The molecule has 0 aliphatic rings. The average molecular weight is 167 g/mol. The van der Waals surface area contributed by atoms with Gasteiger partial charge in [0, 0.05) is 15.8 Å². The summed E-state index contributed by atoms with van der Waals surface area (Å²) in [6.07, 6.45) is -0.468. The fourth-order valence-corrected chi connectivity index (χ4v) is 0.602. The lowest BCUT2D eigenvalue weighted by Gasteiger charge is -1.92. The Kier molecular flexibility index (Phi) is 0.880. The molecule has 0 aliphatic heterocycles. The van der Waals surface area contributed by atoms with Gasteiger partial charge < -0.3 is 0 Å². The summed E-state index contributed by atoms with van der Waals surface area (Å²) < 4.78 is 28.3. The fourth-order valence-electron chi connectivity index (χ4n) is 0.310. The first-order chi connectivity index (χ1) is 5.82. The van der Waals surface area contributed by atoms with E-state index in [-0.39, 0.29) is 16.0 Å². The molecule has 0 amide bonds. The van der Waals surface area contributed by atoms with Crippen LogP contribution < -0.4 is 0 Å². The average Bonchev–Trinajstić information content (AvgIpc) is 1.78. The van der Waals surface area contributed by atoms with E-state index in [0.29, 0.717) is 0 Å². The number of hydrogen-bond donors (Lipinski definition) is 0. The van der Waals surface area contributed by atoms with Crippen LogP contribution in [-0.4, -0.2) is 9.97 Å². The minimum Gasteiger partial charge on any atom is -0.226 e. The molecule has 1 heterocycles. The van der Waals surface area contributed by atoms with Gasteiger partial charge in [-0.15, -0.1) is 0 Å². The monoisotopic (exact) mass is 166 g/mol. The van der Waals surface area contributed by atoms with E-state index in [1.807, 2.05) is 0 Å². The molecular formula is C5H4Cl2N2. The second kappa shape index (κ2) is 2.50. The van der Waals surface area contributed by atoms with E-state index in [1.54, 1.807) is 0 Å². The van der Waals surface area contributed by atoms with Gasteiger partial charge in [-0.1, -0.05) is 11.6 Å². The fraction of sp³-hybridized carbons (Fsp3) is 0.200. The van der Waals surface area contributed by atoms with Crippen molar-refractivity contribution >= 4 is 23.2 Å². The zero-order chi connectivity index (χ0) is 10.2. The van der Waals surface area contributed by atoms with Gasteiger partial charge in [-0.25, -0.2) is 9.97 Å². The van der Waals surface area contributed by atoms with E-state index >= 15 is 0 Å². The minimum atomic E-state index is -2.49. The SMILES string of the molecule is [2H]c1nc(Cl)nc(Cl)c1C([2H])([2H])[2H]. The normalized spacial score (nSPS) is 17.6. The van der Waals surface area contributed by atoms with Gasteiger partial charge in [-0.3, -0.25) is 0 Å². The molecule has 0 saturated carbocycles. The highest BCUT2D eigenvalue weighted by molar-refractivity contribution is 6.32. The highest BCUT2D eigenvalue weighted by Crippen LogP contribution is 2.11. The Morgan fingerprint density at radius 2 is 2.56 bits per heavy atom. The Bertz CT molecular complexity index is 315. The number of halogens is 2. The molecule has 48 valence electrons. The predicted molar refractivity (Wildman–Crippen MR) is 36.8 cm³/mol. The van der Waals surface area contributed by atoms with Gasteiger partial charge in [0.25, 0.3) is 0 Å². The van der Waals surface area contributed by atoms with Crippen LogP contribution in [0.4, 0.5) is 0 Å². The molecule has 0 bridgehead atoms. The zero-order valence-electron chi connectivity index (χ0n) is 8.15. The van der Waals surface area contributed by atoms with Gasteiger partial charge in [0.15, 0.2) is 0 Å². The third-order valence-electron chi connectivity index (χ3n) is 0.657. The largest absolute Gasteiger partial charge is 0.226 e. The highest BCUT2D eigenvalue weighted by atomic mass is 35.5. The smallest absolute Gasteiger partial charge is 0.223 e. The van der Waals surface area contributed by atoms with Crippen molar-refractivity contribution in [3.63, 3.8) is 0 Å². The zero-order valence-corrected chi connectivity index (χ0v) is 5.66. The van der Waals surface area contributed by atoms with Gasteiger partial charge in [0.1, 0.15) is 5.15 Å². The van der Waals surface area contributed by atoms with Gasteiger partial charge in [-0.05, 0) is 18.5 Å². The topological polar surface area (TPSA) is 25.8 Å². The van der Waals surface area contributed by atoms with E-state index in [4.69, 9.17) is 28.7 Å². The van der Waals surface area contributed by atoms with Crippen LogP contribution in [-0.2, 0) is 0 Å². The summed E-state index contributed by atoms with van der Waals surface area (Å²) in [5.41, 5.74) is -0.376. The van der Waals surface area contributed by atoms with E-state index in [2.05, 4.69) is 9.97 Å². The van der Waals surface area contributed by atoms with Crippen molar-refractivity contribution in [2.24, 2.45) is 0 Å². The predicted octanol–water partition coefficient (Wildman–Crippen LogP) is 2.09. The number of rotatable bonds is 0. The quantitative estimate of drug-likeness (QED) is 0.436. The Hall–Kier alpha value is -0.340. The maximum atomic E-state index is 7.23. The molecule has 2 nitrogen and oxygen atoms in total. The summed E-state index contributed by atoms with van der Waals surface area (Å²) >= 11 is 10.9. The molecule has 1 rings (SSSR count). The lowest BCUT2D eigenvalue weighted by molar-refractivity contribution is 1.13. The van der Waals surface area contributed by atoms with Crippen LogP contribution in [0.1, 0.15) is 11.0 Å². The maximum Gasteiger partial charge on any atom is 0.223 e. The van der Waals surface area contributed by atoms with E-state index < -0.39 is 13.0 Å². The van der Waals surface area contributed by atoms with Crippen molar-refractivity contribution < 1.29 is 5.48 Å². The van der Waals surface area contributed by atoms with Crippen molar-refractivity contribution in [3.8, 4) is 0 Å². The summed E-state index contributed by atoms with van der Waals surface area (Å²) in [6.45, 7) is -2.49. The Balaban J connectivity index is 3.38. The lowest BCUT2D eigenvalue weighted by Crippen LogP contribution is -1.84. The highest BCUT2D eigenvalue weighted by Gasteiger charge is 1.95. The second-order valence-electron chi connectivity index (χ2n) is 1.27. The molecule has 0 atom stereocenters. The minimum absolute atomic E-state index is 0.233. The Morgan fingerprint density at radius 3 is 3.11 bits per heavy atom. The van der Waals surface area contributed by atoms with Crippen LogP contribution in [0.25, 0.3) is 0 Å². The van der Waals surface area contributed by atoms with Crippen LogP contribution in [0.15, 0.2) is 6.17 Å². The van der Waals surface area contributed by atoms with Gasteiger partial charge in [0.2, 0.25) is 5.28 Å². The summed E-state index contributed by atoms with van der Waals surface area (Å²) in [6, 6.07) is 0. The van der Waals surface area contributed by atoms with Crippen LogP contribution >= 0.6 is 23.2 Å². The van der Waals surface area contributed by atoms with Crippen LogP contribution in [0.5, 0.6) is 0 Å². The lowest BCUT2D eigenvalue weighted by atomic mass is 10.4. The molecule has 0 unspecified atom stereocenters. The first kappa shape index (κ1) is 3.17. The molecule has 9 heavy (non-hydrogen) atoms. The van der Waals surface area contributed by atoms with Gasteiger partial charge >= 0.3 is 0 Å². The molecule has 1 aromatic heterocycles. The number of nitrogens with zero attached hydrogens (tertiary/aromatic N) is 2. The third kappa shape index (κ3) is 1.53. The molecule has 0 aromatic carbocycles. The molecule has 0 spiro atoms. The van der Waals surface area contributed by atoms with Crippen molar-refractivity contribution in [1.82, 2.24) is 9.97 Å². The summed E-state index contributed by atoms with van der Waals surface area (Å²) in [4.78, 5) is 6.82. The number of hydrogen-bond acceptors (Lipinski definition) is 2. The Morgan fingerprint density at radius 1 is 1.78 bits per heavy atom. The second-order valence-corrected chi connectivity index (χ2v) is 1.97. The van der Waals surface area contributed by atoms with E-state index in [1.165, 1.54) is 0 Å². The maximum absolute atomic E-state index is 7.23. The van der Waals surface area contributed by atoms with Crippen molar-refractivity contribution in [2.75, 3.05) is 0 Å². The molecule has 0 saturated heterocycles. The van der Waals surface area contributed by atoms with E-state index in [9.17, 15) is 0 Å². The summed E-state index contributed by atoms with van der Waals surface area (Å²) in [7, 11) is 0. The Labute approximate surface area is 68.5 Å². The molecule has 0 fully saturated rings. The molecule has 0 radical (unpaired) electrons. The molecular weight excluding hydrogens is 159 g/mol. The van der Waals surface area contributed by atoms with Crippen molar-refractivity contribution in [2.45, 2.75) is 6.85 Å². The third-order valence-corrected chi connectivity index (χ3v) is 1.10. The summed E-state index contributed by atoms with van der Waals surface area (Å²) in [5, 5.41) is -0.534.